The number of rotatable bonds is 9. The molecule has 9 nitrogen and oxygen atoms in total. The lowest BCUT2D eigenvalue weighted by Crippen LogP contribution is -2.30. The van der Waals surface area contributed by atoms with Gasteiger partial charge in [0.1, 0.15) is 19.5 Å². The summed E-state index contributed by atoms with van der Waals surface area (Å²) in [5, 5.41) is 14.6. The molecule has 9 heteroatoms. The summed E-state index contributed by atoms with van der Waals surface area (Å²) in [4.78, 5) is 22.8. The summed E-state index contributed by atoms with van der Waals surface area (Å²) in [6.07, 6.45) is 2.26. The minimum Gasteiger partial charge on any atom is -0.475 e. The van der Waals surface area contributed by atoms with Crippen molar-refractivity contribution in [2.75, 3.05) is 20.8 Å². The third-order valence-corrected chi connectivity index (χ3v) is 4.73. The second-order valence-electron chi connectivity index (χ2n) is 6.97. The van der Waals surface area contributed by atoms with Crippen LogP contribution in [0.4, 0.5) is 0 Å². The first-order valence-corrected chi connectivity index (χ1v) is 9.72. The van der Waals surface area contributed by atoms with E-state index < -0.39 is 0 Å². The highest BCUT2D eigenvalue weighted by Gasteiger charge is 2.25. The first kappa shape index (κ1) is 21.4. The Bertz CT molecular complexity index is 927. The molecule has 1 N–H and O–H groups in total. The molecule has 0 spiro atoms. The van der Waals surface area contributed by atoms with Crippen LogP contribution in [0.25, 0.3) is 0 Å². The van der Waals surface area contributed by atoms with Crippen LogP contribution >= 0.6 is 0 Å². The minimum absolute atomic E-state index is 0.115. The van der Waals surface area contributed by atoms with Gasteiger partial charge in [0.2, 0.25) is 0 Å². The van der Waals surface area contributed by atoms with Gasteiger partial charge in [0.15, 0.2) is 5.71 Å². The van der Waals surface area contributed by atoms with Gasteiger partial charge in [-0.05, 0) is 43.8 Å². The fraction of sp³-hybridized carbons (Fsp3) is 0.429. The van der Waals surface area contributed by atoms with Gasteiger partial charge >= 0.3 is 0 Å². The van der Waals surface area contributed by atoms with E-state index >= 15 is 0 Å². The SMILES string of the molecule is CNC(=O)/C(=N/OC)c1ccccc1/C(=N\OCc1c(C)noc1C)OCC1CC1. The zero-order valence-electron chi connectivity index (χ0n) is 17.6. The van der Waals surface area contributed by atoms with E-state index in [9.17, 15) is 4.79 Å². The summed E-state index contributed by atoms with van der Waals surface area (Å²) < 4.78 is 11.1. The Morgan fingerprint density at radius 2 is 1.97 bits per heavy atom. The molecule has 0 atom stereocenters. The van der Waals surface area contributed by atoms with Crippen LogP contribution in [0.15, 0.2) is 39.1 Å². The molecule has 0 bridgehead atoms. The van der Waals surface area contributed by atoms with E-state index in [2.05, 4.69) is 20.8 Å². The highest BCUT2D eigenvalue weighted by Crippen LogP contribution is 2.29. The van der Waals surface area contributed by atoms with Crippen molar-refractivity contribution in [3.05, 3.63) is 52.4 Å². The highest BCUT2D eigenvalue weighted by molar-refractivity contribution is 6.46. The Balaban J connectivity index is 1.91. The topological polar surface area (TPSA) is 108 Å². The Hall–Kier alpha value is -3.36. The van der Waals surface area contributed by atoms with Crippen LogP contribution in [0, 0.1) is 19.8 Å². The van der Waals surface area contributed by atoms with E-state index in [1.165, 1.54) is 14.2 Å². The number of nitrogens with zero attached hydrogens (tertiary/aromatic N) is 3. The van der Waals surface area contributed by atoms with Gasteiger partial charge in [-0.1, -0.05) is 28.5 Å². The molecule has 1 heterocycles. The molecule has 1 fully saturated rings. The maximum absolute atomic E-state index is 12.3. The van der Waals surface area contributed by atoms with Crippen LogP contribution in [0.5, 0.6) is 0 Å². The summed E-state index contributed by atoms with van der Waals surface area (Å²) in [6.45, 7) is 4.38. The van der Waals surface area contributed by atoms with Crippen LogP contribution in [-0.2, 0) is 25.8 Å². The number of amides is 1. The molecule has 3 rings (SSSR count). The van der Waals surface area contributed by atoms with Gasteiger partial charge in [0.25, 0.3) is 11.8 Å². The molecule has 0 aliphatic heterocycles. The van der Waals surface area contributed by atoms with Crippen LogP contribution in [0.1, 0.15) is 41.0 Å². The normalized spacial score (nSPS) is 14.4. The lowest BCUT2D eigenvalue weighted by molar-refractivity contribution is -0.114. The number of likely N-dealkylation sites (N-methyl/N-ethyl adjacent to an activating group) is 1. The third kappa shape index (κ3) is 5.16. The number of hydrogen-bond acceptors (Lipinski definition) is 8. The third-order valence-electron chi connectivity index (χ3n) is 4.73. The maximum Gasteiger partial charge on any atom is 0.273 e. The van der Waals surface area contributed by atoms with Crippen molar-refractivity contribution in [3.8, 4) is 0 Å². The lowest BCUT2D eigenvalue weighted by Gasteiger charge is -2.14. The lowest BCUT2D eigenvalue weighted by atomic mass is 10.0. The van der Waals surface area contributed by atoms with Gasteiger partial charge in [0.05, 0.1) is 17.9 Å². The second kappa shape index (κ2) is 9.91. The molecule has 0 saturated heterocycles. The van der Waals surface area contributed by atoms with Crippen molar-refractivity contribution >= 4 is 17.5 Å². The number of aromatic nitrogens is 1. The van der Waals surface area contributed by atoms with E-state index in [1.54, 1.807) is 18.2 Å². The molecule has 0 unspecified atom stereocenters. The number of hydrogen-bond donors (Lipinski definition) is 1. The van der Waals surface area contributed by atoms with E-state index in [-0.39, 0.29) is 24.1 Å². The Kier molecular flexibility index (Phi) is 7.05. The molecular weight excluding hydrogens is 388 g/mol. The van der Waals surface area contributed by atoms with Crippen molar-refractivity contribution in [1.82, 2.24) is 10.5 Å². The fourth-order valence-corrected chi connectivity index (χ4v) is 2.80. The van der Waals surface area contributed by atoms with Gasteiger partial charge in [-0.15, -0.1) is 0 Å². The number of carbonyl (C=O) groups excluding carboxylic acids is 1. The molecule has 0 radical (unpaired) electrons. The van der Waals surface area contributed by atoms with Crippen LogP contribution in [-0.4, -0.2) is 43.4 Å². The van der Waals surface area contributed by atoms with Gasteiger partial charge in [-0.25, -0.2) is 0 Å². The van der Waals surface area contributed by atoms with Crippen molar-refractivity contribution in [2.24, 2.45) is 16.2 Å². The highest BCUT2D eigenvalue weighted by atomic mass is 16.6. The molecule has 30 heavy (non-hydrogen) atoms. The molecule has 1 saturated carbocycles. The summed E-state index contributed by atoms with van der Waals surface area (Å²) >= 11 is 0. The summed E-state index contributed by atoms with van der Waals surface area (Å²) in [7, 11) is 2.92. The van der Waals surface area contributed by atoms with E-state index in [4.69, 9.17) is 18.9 Å². The summed E-state index contributed by atoms with van der Waals surface area (Å²) in [5.41, 5.74) is 2.80. The summed E-state index contributed by atoms with van der Waals surface area (Å²) in [5.74, 6) is 1.08. The Morgan fingerprint density at radius 3 is 2.57 bits per heavy atom. The first-order chi connectivity index (χ1) is 14.5. The van der Waals surface area contributed by atoms with E-state index in [1.807, 2.05) is 19.9 Å². The number of nitrogens with one attached hydrogen (secondary N) is 1. The standard InChI is InChI=1S/C21H26N4O5/c1-13-18(14(2)30-23-13)12-29-25-21(28-11-15-9-10-15)17-8-6-5-7-16(17)19(24-27-4)20(26)22-3/h5-8,15H,9-12H2,1-4H3,(H,22,26)/b24-19+,25-21+. The minimum atomic E-state index is -0.387. The molecule has 1 aromatic carbocycles. The molecule has 1 aromatic heterocycles. The van der Waals surface area contributed by atoms with Gasteiger partial charge < -0.3 is 24.3 Å². The quantitative estimate of drug-likeness (QED) is 0.384. The van der Waals surface area contributed by atoms with Crippen LogP contribution < -0.4 is 5.32 Å². The number of aryl methyl sites for hydroxylation is 2. The molecule has 1 aliphatic rings. The van der Waals surface area contributed by atoms with Gasteiger partial charge in [0, 0.05) is 18.2 Å². The van der Waals surface area contributed by atoms with Crippen molar-refractivity contribution < 1.29 is 23.7 Å². The monoisotopic (exact) mass is 414 g/mol. The largest absolute Gasteiger partial charge is 0.475 e. The molecule has 1 aliphatic carbocycles. The zero-order valence-corrected chi connectivity index (χ0v) is 17.6. The number of carbonyl (C=O) groups is 1. The molecule has 2 aromatic rings. The van der Waals surface area contributed by atoms with Crippen molar-refractivity contribution in [2.45, 2.75) is 33.3 Å². The summed E-state index contributed by atoms with van der Waals surface area (Å²) in [6, 6.07) is 7.19. The average Bonchev–Trinajstić information content (AvgIpc) is 3.54. The molecule has 160 valence electrons. The van der Waals surface area contributed by atoms with Crippen LogP contribution in [0.3, 0.4) is 0 Å². The van der Waals surface area contributed by atoms with Crippen molar-refractivity contribution in [1.29, 1.82) is 0 Å². The van der Waals surface area contributed by atoms with Crippen LogP contribution in [0.2, 0.25) is 0 Å². The fourth-order valence-electron chi connectivity index (χ4n) is 2.80. The Labute approximate surface area is 175 Å². The predicted molar refractivity (Wildman–Crippen MR) is 110 cm³/mol. The van der Waals surface area contributed by atoms with Crippen molar-refractivity contribution in [3.63, 3.8) is 0 Å². The average molecular weight is 414 g/mol. The van der Waals surface area contributed by atoms with Gasteiger partial charge in [-0.3, -0.25) is 4.79 Å². The molecular formula is C21H26N4O5. The van der Waals surface area contributed by atoms with E-state index in [0.29, 0.717) is 29.4 Å². The predicted octanol–water partition coefficient (Wildman–Crippen LogP) is 2.69. The van der Waals surface area contributed by atoms with E-state index in [0.717, 1.165) is 24.1 Å². The maximum atomic E-state index is 12.3. The smallest absolute Gasteiger partial charge is 0.273 e. The zero-order chi connectivity index (χ0) is 21.5. The second-order valence-corrected chi connectivity index (χ2v) is 6.97. The number of benzene rings is 1. The first-order valence-electron chi connectivity index (χ1n) is 9.72. The molecule has 1 amide bonds. The van der Waals surface area contributed by atoms with Gasteiger partial charge in [-0.2, -0.15) is 0 Å². The number of oxime groups is 2. The Morgan fingerprint density at radius 1 is 1.23 bits per heavy atom. The number of ether oxygens (including phenoxy) is 1.